The highest BCUT2D eigenvalue weighted by Gasteiger charge is 2.28. The zero-order chi connectivity index (χ0) is 13.0. The molecule has 2 heterocycles. The summed E-state index contributed by atoms with van der Waals surface area (Å²) in [7, 11) is 0. The first kappa shape index (κ1) is 14.0. The molecule has 2 N–H and O–H groups in total. The van der Waals surface area contributed by atoms with Gasteiger partial charge in [-0.1, -0.05) is 13.8 Å². The molecule has 1 fully saturated rings. The molecule has 1 aromatic rings. The van der Waals surface area contributed by atoms with E-state index in [1.807, 2.05) is 6.20 Å². The average molecular weight is 267 g/mol. The van der Waals surface area contributed by atoms with Gasteiger partial charge in [-0.3, -0.25) is 0 Å². The van der Waals surface area contributed by atoms with E-state index in [-0.39, 0.29) is 0 Å². The van der Waals surface area contributed by atoms with Crippen molar-refractivity contribution in [2.24, 2.45) is 17.6 Å². The highest BCUT2D eigenvalue weighted by molar-refractivity contribution is 7.09. The first-order valence-corrected chi connectivity index (χ1v) is 7.90. The number of thiazole rings is 1. The summed E-state index contributed by atoms with van der Waals surface area (Å²) in [6, 6.07) is 0. The maximum atomic E-state index is 5.96. The van der Waals surface area contributed by atoms with E-state index in [0.29, 0.717) is 5.92 Å². The number of piperidine rings is 1. The Hall–Kier alpha value is -0.450. The van der Waals surface area contributed by atoms with E-state index in [1.54, 1.807) is 11.3 Å². The number of hydrogen-bond donors (Lipinski definition) is 1. The predicted molar refractivity (Wildman–Crippen MR) is 77.9 cm³/mol. The molecule has 0 bridgehead atoms. The van der Waals surface area contributed by atoms with Crippen LogP contribution >= 0.6 is 11.3 Å². The molecule has 1 atom stereocenters. The van der Waals surface area contributed by atoms with Crippen molar-refractivity contribution in [3.63, 3.8) is 0 Å². The van der Waals surface area contributed by atoms with Crippen LogP contribution in [-0.4, -0.2) is 36.1 Å². The normalized spacial score (nSPS) is 20.4. The zero-order valence-corrected chi connectivity index (χ0v) is 12.3. The number of likely N-dealkylation sites (tertiary alicyclic amines) is 1. The Kier molecular flexibility index (Phi) is 5.15. The minimum absolute atomic E-state index is 0.478. The largest absolute Gasteiger partial charge is 0.330 e. The van der Waals surface area contributed by atoms with Gasteiger partial charge in [-0.25, -0.2) is 4.98 Å². The SMILES string of the molecule is CC(C)CN1CCC(C(CN)c2nccs2)CC1. The maximum Gasteiger partial charge on any atom is 0.0971 e. The van der Waals surface area contributed by atoms with Crippen LogP contribution in [0.3, 0.4) is 0 Å². The van der Waals surface area contributed by atoms with E-state index < -0.39 is 0 Å². The molecule has 0 radical (unpaired) electrons. The van der Waals surface area contributed by atoms with Gasteiger partial charge in [-0.2, -0.15) is 0 Å². The third kappa shape index (κ3) is 3.53. The number of nitrogens with two attached hydrogens (primary N) is 1. The van der Waals surface area contributed by atoms with Crippen molar-refractivity contribution in [3.8, 4) is 0 Å². The molecule has 0 saturated carbocycles. The van der Waals surface area contributed by atoms with Crippen molar-refractivity contribution in [3.05, 3.63) is 16.6 Å². The Balaban J connectivity index is 1.88. The van der Waals surface area contributed by atoms with Gasteiger partial charge in [0.25, 0.3) is 0 Å². The molecule has 0 amide bonds. The summed E-state index contributed by atoms with van der Waals surface area (Å²) in [5.74, 6) is 1.97. The average Bonchev–Trinajstić information content (AvgIpc) is 2.85. The summed E-state index contributed by atoms with van der Waals surface area (Å²) < 4.78 is 0. The second kappa shape index (κ2) is 6.64. The molecule has 0 aliphatic carbocycles. The van der Waals surface area contributed by atoms with Crippen molar-refractivity contribution >= 4 is 11.3 Å². The molecule has 1 unspecified atom stereocenters. The van der Waals surface area contributed by atoms with Gasteiger partial charge in [-0.15, -0.1) is 11.3 Å². The van der Waals surface area contributed by atoms with E-state index in [2.05, 4.69) is 29.1 Å². The first-order valence-electron chi connectivity index (χ1n) is 7.02. The molecule has 0 aromatic carbocycles. The van der Waals surface area contributed by atoms with Gasteiger partial charge < -0.3 is 10.6 Å². The van der Waals surface area contributed by atoms with Crippen LogP contribution in [0.15, 0.2) is 11.6 Å². The van der Waals surface area contributed by atoms with Crippen molar-refractivity contribution < 1.29 is 0 Å². The van der Waals surface area contributed by atoms with Crippen LogP contribution in [0.1, 0.15) is 37.6 Å². The number of aromatic nitrogens is 1. The van der Waals surface area contributed by atoms with Crippen LogP contribution in [0, 0.1) is 11.8 Å². The van der Waals surface area contributed by atoms with Gasteiger partial charge in [0.05, 0.1) is 5.01 Å². The number of hydrogen-bond acceptors (Lipinski definition) is 4. The molecule has 4 heteroatoms. The minimum atomic E-state index is 0.478. The first-order chi connectivity index (χ1) is 8.70. The fourth-order valence-electron chi connectivity index (χ4n) is 2.97. The molecule has 1 saturated heterocycles. The van der Waals surface area contributed by atoms with E-state index in [9.17, 15) is 0 Å². The lowest BCUT2D eigenvalue weighted by Gasteiger charge is -2.35. The summed E-state index contributed by atoms with van der Waals surface area (Å²) in [5.41, 5.74) is 5.96. The van der Waals surface area contributed by atoms with E-state index >= 15 is 0 Å². The van der Waals surface area contributed by atoms with Crippen LogP contribution in [0.25, 0.3) is 0 Å². The summed E-state index contributed by atoms with van der Waals surface area (Å²) in [6.45, 7) is 9.02. The lowest BCUT2D eigenvalue weighted by atomic mass is 9.84. The van der Waals surface area contributed by atoms with Crippen LogP contribution in [0.4, 0.5) is 0 Å². The third-order valence-electron chi connectivity index (χ3n) is 3.85. The highest BCUT2D eigenvalue weighted by Crippen LogP contribution is 2.33. The Labute approximate surface area is 114 Å². The standard InChI is InChI=1S/C14H25N3S/c1-11(2)10-17-6-3-12(4-7-17)13(9-15)14-16-5-8-18-14/h5,8,11-13H,3-4,6-7,9-10,15H2,1-2H3. The second-order valence-corrected chi connectivity index (χ2v) is 6.67. The van der Waals surface area contributed by atoms with Crippen LogP contribution in [0.5, 0.6) is 0 Å². The molecular formula is C14H25N3S. The topological polar surface area (TPSA) is 42.1 Å². The Bertz CT molecular complexity index is 329. The van der Waals surface area contributed by atoms with E-state index in [4.69, 9.17) is 5.73 Å². The summed E-state index contributed by atoms with van der Waals surface area (Å²) in [6.07, 6.45) is 4.44. The zero-order valence-electron chi connectivity index (χ0n) is 11.5. The van der Waals surface area contributed by atoms with Gasteiger partial charge in [0.1, 0.15) is 0 Å². The monoisotopic (exact) mass is 267 g/mol. The summed E-state index contributed by atoms with van der Waals surface area (Å²) in [4.78, 5) is 7.05. The second-order valence-electron chi connectivity index (χ2n) is 5.74. The summed E-state index contributed by atoms with van der Waals surface area (Å²) >= 11 is 1.76. The van der Waals surface area contributed by atoms with Gasteiger partial charge in [-0.05, 0) is 37.8 Å². The quantitative estimate of drug-likeness (QED) is 0.891. The highest BCUT2D eigenvalue weighted by atomic mass is 32.1. The minimum Gasteiger partial charge on any atom is -0.330 e. The number of nitrogens with zero attached hydrogens (tertiary/aromatic N) is 2. The lowest BCUT2D eigenvalue weighted by molar-refractivity contribution is 0.155. The predicted octanol–water partition coefficient (Wildman–Crippen LogP) is 2.55. The van der Waals surface area contributed by atoms with E-state index in [1.165, 1.54) is 37.5 Å². The van der Waals surface area contributed by atoms with Crippen LogP contribution in [0.2, 0.25) is 0 Å². The maximum absolute atomic E-state index is 5.96. The van der Waals surface area contributed by atoms with Crippen LogP contribution < -0.4 is 5.73 Å². The fourth-order valence-corrected chi connectivity index (χ4v) is 3.81. The van der Waals surface area contributed by atoms with Crippen molar-refractivity contribution in [1.82, 2.24) is 9.88 Å². The third-order valence-corrected chi connectivity index (χ3v) is 4.75. The Morgan fingerprint density at radius 2 is 2.17 bits per heavy atom. The molecule has 102 valence electrons. The number of rotatable bonds is 5. The lowest BCUT2D eigenvalue weighted by Crippen LogP contribution is -2.38. The molecule has 0 spiro atoms. The van der Waals surface area contributed by atoms with E-state index in [0.717, 1.165) is 18.4 Å². The molecule has 1 aliphatic rings. The van der Waals surface area contributed by atoms with Gasteiger partial charge in [0.15, 0.2) is 0 Å². The van der Waals surface area contributed by atoms with Gasteiger partial charge in [0.2, 0.25) is 0 Å². The van der Waals surface area contributed by atoms with Gasteiger partial charge >= 0.3 is 0 Å². The molecular weight excluding hydrogens is 242 g/mol. The van der Waals surface area contributed by atoms with Gasteiger partial charge in [0, 0.05) is 30.6 Å². The molecule has 2 rings (SSSR count). The molecule has 1 aromatic heterocycles. The van der Waals surface area contributed by atoms with Crippen molar-refractivity contribution in [1.29, 1.82) is 0 Å². The smallest absolute Gasteiger partial charge is 0.0971 e. The molecule has 18 heavy (non-hydrogen) atoms. The Morgan fingerprint density at radius 1 is 1.44 bits per heavy atom. The van der Waals surface area contributed by atoms with Crippen molar-refractivity contribution in [2.75, 3.05) is 26.2 Å². The Morgan fingerprint density at radius 3 is 2.67 bits per heavy atom. The fraction of sp³-hybridized carbons (Fsp3) is 0.786. The van der Waals surface area contributed by atoms with Crippen molar-refractivity contribution in [2.45, 2.75) is 32.6 Å². The summed E-state index contributed by atoms with van der Waals surface area (Å²) in [5, 5.41) is 3.30. The molecule has 1 aliphatic heterocycles. The van der Waals surface area contributed by atoms with Crippen LogP contribution in [-0.2, 0) is 0 Å². The molecule has 3 nitrogen and oxygen atoms in total.